The fraction of sp³-hybridized carbons (Fsp3) is 0.458. The molecule has 5 heteroatoms. The lowest BCUT2D eigenvalue weighted by Gasteiger charge is -2.32. The molecule has 2 aromatic carbocycles. The van der Waals surface area contributed by atoms with Gasteiger partial charge < -0.3 is 5.32 Å². The van der Waals surface area contributed by atoms with E-state index in [1.54, 1.807) is 0 Å². The third-order valence-electron chi connectivity index (χ3n) is 5.57. The molecule has 3 nitrogen and oxygen atoms in total. The average Bonchev–Trinajstić information content (AvgIpc) is 2.71. The molecule has 0 spiro atoms. The number of likely N-dealkylation sites (tertiary alicyclic amines) is 1. The van der Waals surface area contributed by atoms with Crippen molar-refractivity contribution < 1.29 is 4.79 Å². The molecular formula is C24H30Cl2N2O. The summed E-state index contributed by atoms with van der Waals surface area (Å²) < 4.78 is 0. The molecule has 2 aromatic rings. The van der Waals surface area contributed by atoms with Crippen LogP contribution in [0.3, 0.4) is 0 Å². The Hall–Kier alpha value is -1.55. The van der Waals surface area contributed by atoms with Gasteiger partial charge in [0.05, 0.1) is 16.1 Å². The first-order valence-electron chi connectivity index (χ1n) is 10.4. The van der Waals surface area contributed by atoms with Crippen LogP contribution in [0.1, 0.15) is 50.3 Å². The number of nitrogens with zero attached hydrogens (tertiary/aromatic N) is 1. The van der Waals surface area contributed by atoms with Crippen molar-refractivity contribution in [3.05, 3.63) is 69.7 Å². The molecule has 29 heavy (non-hydrogen) atoms. The van der Waals surface area contributed by atoms with Gasteiger partial charge in [0.2, 0.25) is 5.91 Å². The molecule has 156 valence electrons. The topological polar surface area (TPSA) is 32.3 Å². The van der Waals surface area contributed by atoms with Gasteiger partial charge in [0.15, 0.2) is 0 Å². The van der Waals surface area contributed by atoms with E-state index in [0.717, 1.165) is 44.5 Å². The molecule has 1 N–H and O–H groups in total. The van der Waals surface area contributed by atoms with Crippen LogP contribution in [-0.4, -0.2) is 23.9 Å². The highest BCUT2D eigenvalue weighted by Gasteiger charge is 2.27. The number of halogens is 2. The van der Waals surface area contributed by atoms with Crippen LogP contribution in [0.25, 0.3) is 0 Å². The molecule has 1 unspecified atom stereocenters. The smallest absolute Gasteiger partial charge is 0.223 e. The normalized spacial score (nSPS) is 16.7. The zero-order valence-corrected chi connectivity index (χ0v) is 18.7. The quantitative estimate of drug-likeness (QED) is 0.572. The summed E-state index contributed by atoms with van der Waals surface area (Å²) in [6.07, 6.45) is 2.72. The number of piperidine rings is 1. The summed E-state index contributed by atoms with van der Waals surface area (Å²) in [4.78, 5) is 15.3. The van der Waals surface area contributed by atoms with Gasteiger partial charge in [0.1, 0.15) is 0 Å². The molecule has 1 amide bonds. The number of rotatable bonds is 7. The first-order valence-corrected chi connectivity index (χ1v) is 11.2. The lowest BCUT2D eigenvalue weighted by atomic mass is 9.93. The summed E-state index contributed by atoms with van der Waals surface area (Å²) in [6, 6.07) is 16.2. The van der Waals surface area contributed by atoms with Crippen LogP contribution in [0.4, 0.5) is 0 Å². The lowest BCUT2D eigenvalue weighted by Crippen LogP contribution is -2.41. The number of carbonyl (C=O) groups is 1. The Kier molecular flexibility index (Phi) is 7.99. The second-order valence-corrected chi connectivity index (χ2v) is 9.21. The molecule has 0 aliphatic carbocycles. The van der Waals surface area contributed by atoms with Gasteiger partial charge in [-0.3, -0.25) is 9.69 Å². The van der Waals surface area contributed by atoms with Gasteiger partial charge in [-0.1, -0.05) is 73.4 Å². The van der Waals surface area contributed by atoms with Crippen molar-refractivity contribution in [3.63, 3.8) is 0 Å². The third-order valence-corrected chi connectivity index (χ3v) is 6.31. The minimum absolute atomic E-state index is 0.0814. The van der Waals surface area contributed by atoms with Gasteiger partial charge in [-0.2, -0.15) is 0 Å². The van der Waals surface area contributed by atoms with E-state index < -0.39 is 0 Å². The molecule has 1 atom stereocenters. The largest absolute Gasteiger partial charge is 0.349 e. The molecular weight excluding hydrogens is 403 g/mol. The summed E-state index contributed by atoms with van der Waals surface area (Å²) in [5.74, 6) is 0.792. The highest BCUT2D eigenvalue weighted by atomic mass is 35.5. The predicted molar refractivity (Wildman–Crippen MR) is 121 cm³/mol. The number of hydrogen-bond donors (Lipinski definition) is 1. The first kappa shape index (κ1) is 22.1. The number of hydrogen-bond acceptors (Lipinski definition) is 2. The average molecular weight is 433 g/mol. The van der Waals surface area contributed by atoms with Crippen molar-refractivity contribution >= 4 is 29.1 Å². The molecule has 0 radical (unpaired) electrons. The zero-order valence-electron chi connectivity index (χ0n) is 17.2. The van der Waals surface area contributed by atoms with Gasteiger partial charge >= 0.3 is 0 Å². The van der Waals surface area contributed by atoms with Crippen molar-refractivity contribution in [2.24, 2.45) is 11.8 Å². The van der Waals surface area contributed by atoms with Crippen LogP contribution in [0.5, 0.6) is 0 Å². The van der Waals surface area contributed by atoms with Gasteiger partial charge in [-0.15, -0.1) is 0 Å². The van der Waals surface area contributed by atoms with E-state index in [4.69, 9.17) is 23.2 Å². The van der Waals surface area contributed by atoms with Crippen LogP contribution < -0.4 is 5.32 Å². The summed E-state index contributed by atoms with van der Waals surface area (Å²) in [5, 5.41) is 4.50. The predicted octanol–water partition coefficient (Wildman–Crippen LogP) is 6.11. The maximum Gasteiger partial charge on any atom is 0.223 e. The third kappa shape index (κ3) is 6.47. The Morgan fingerprint density at radius 2 is 1.76 bits per heavy atom. The Balaban J connectivity index is 1.54. The Morgan fingerprint density at radius 3 is 2.38 bits per heavy atom. The highest BCUT2D eigenvalue weighted by Crippen LogP contribution is 2.26. The van der Waals surface area contributed by atoms with E-state index >= 15 is 0 Å². The second-order valence-electron chi connectivity index (χ2n) is 8.40. The van der Waals surface area contributed by atoms with Crippen LogP contribution in [0.15, 0.2) is 48.5 Å². The molecule has 0 saturated carbocycles. The number of carbonyl (C=O) groups excluding carboxylic acids is 1. The van der Waals surface area contributed by atoms with Crippen LogP contribution in [0.2, 0.25) is 10.0 Å². The Morgan fingerprint density at radius 1 is 1.07 bits per heavy atom. The van der Waals surface area contributed by atoms with E-state index in [0.29, 0.717) is 16.0 Å². The Bertz CT molecular complexity index is 802. The lowest BCUT2D eigenvalue weighted by molar-refractivity contribution is -0.127. The maximum atomic E-state index is 12.9. The minimum Gasteiger partial charge on any atom is -0.349 e. The van der Waals surface area contributed by atoms with Crippen LogP contribution in [-0.2, 0) is 11.3 Å². The van der Waals surface area contributed by atoms with Crippen molar-refractivity contribution in [3.8, 4) is 0 Å². The monoisotopic (exact) mass is 432 g/mol. The SMILES string of the molecule is CC(C)CC(NC(=O)C1CCN(Cc2ccc(Cl)c(Cl)c2)CC1)c1ccccc1. The van der Waals surface area contributed by atoms with E-state index in [9.17, 15) is 4.79 Å². The van der Waals surface area contributed by atoms with E-state index in [1.807, 2.05) is 36.4 Å². The summed E-state index contributed by atoms with van der Waals surface area (Å²) in [7, 11) is 0. The van der Waals surface area contributed by atoms with Gasteiger partial charge in [-0.25, -0.2) is 0 Å². The Labute approximate surface area is 184 Å². The molecule has 3 rings (SSSR count). The standard InChI is InChI=1S/C24H30Cl2N2O/c1-17(2)14-23(19-6-4-3-5-7-19)27-24(29)20-10-12-28(13-11-20)16-18-8-9-21(25)22(26)15-18/h3-9,15,17,20,23H,10-14,16H2,1-2H3,(H,27,29). The molecule has 1 aliphatic heterocycles. The number of amides is 1. The van der Waals surface area contributed by atoms with E-state index in [-0.39, 0.29) is 17.9 Å². The van der Waals surface area contributed by atoms with Crippen molar-refractivity contribution in [1.82, 2.24) is 10.2 Å². The van der Waals surface area contributed by atoms with Gasteiger partial charge in [0.25, 0.3) is 0 Å². The summed E-state index contributed by atoms with van der Waals surface area (Å²) >= 11 is 12.1. The highest BCUT2D eigenvalue weighted by molar-refractivity contribution is 6.42. The molecule has 1 fully saturated rings. The summed E-state index contributed by atoms with van der Waals surface area (Å²) in [5.41, 5.74) is 2.34. The second kappa shape index (κ2) is 10.5. The van der Waals surface area contributed by atoms with Crippen LogP contribution >= 0.6 is 23.2 Å². The molecule has 0 aromatic heterocycles. The first-order chi connectivity index (χ1) is 13.9. The number of nitrogens with one attached hydrogen (secondary N) is 1. The molecule has 1 aliphatic rings. The summed E-state index contributed by atoms with van der Waals surface area (Å²) in [6.45, 7) is 7.06. The maximum absolute atomic E-state index is 12.9. The molecule has 1 heterocycles. The molecule has 1 saturated heterocycles. The van der Waals surface area contributed by atoms with Crippen molar-refractivity contribution in [2.45, 2.75) is 45.7 Å². The minimum atomic E-state index is 0.0814. The van der Waals surface area contributed by atoms with Crippen molar-refractivity contribution in [1.29, 1.82) is 0 Å². The zero-order chi connectivity index (χ0) is 20.8. The fourth-order valence-corrected chi connectivity index (χ4v) is 4.29. The van der Waals surface area contributed by atoms with E-state index in [1.165, 1.54) is 5.56 Å². The van der Waals surface area contributed by atoms with Crippen molar-refractivity contribution in [2.75, 3.05) is 13.1 Å². The van der Waals surface area contributed by atoms with E-state index in [2.05, 4.69) is 36.2 Å². The van der Waals surface area contributed by atoms with Crippen LogP contribution in [0, 0.1) is 11.8 Å². The fourth-order valence-electron chi connectivity index (χ4n) is 3.97. The van der Waals surface area contributed by atoms with Gasteiger partial charge in [-0.05, 0) is 61.5 Å². The van der Waals surface area contributed by atoms with Gasteiger partial charge in [0, 0.05) is 12.5 Å². The number of benzene rings is 2. The molecule has 0 bridgehead atoms.